The highest BCUT2D eigenvalue weighted by Gasteiger charge is 2.20. The number of rotatable bonds is 4. The molecule has 0 radical (unpaired) electrons. The number of hydrogen-bond acceptors (Lipinski definition) is 4. The van der Waals surface area contributed by atoms with Crippen LogP contribution in [-0.2, 0) is 6.42 Å². The van der Waals surface area contributed by atoms with Crippen LogP contribution in [0.3, 0.4) is 0 Å². The summed E-state index contributed by atoms with van der Waals surface area (Å²) in [4.78, 5) is 4.60. The Morgan fingerprint density at radius 3 is 2.79 bits per heavy atom. The first kappa shape index (κ1) is 13.1. The largest absolute Gasteiger partial charge is 0.339 e. The van der Waals surface area contributed by atoms with Crippen LogP contribution in [0.25, 0.3) is 0 Å². The van der Waals surface area contributed by atoms with Crippen molar-refractivity contribution in [1.82, 2.24) is 15.5 Å². The van der Waals surface area contributed by atoms with Crippen molar-refractivity contribution in [2.75, 3.05) is 6.54 Å². The average molecular weight is 263 g/mol. The molecule has 3 rings (SSSR count). The summed E-state index contributed by atoms with van der Waals surface area (Å²) in [6.07, 6.45) is 12.8. The molecule has 1 aliphatic carbocycles. The molecule has 2 fully saturated rings. The Hall–Kier alpha value is -0.900. The summed E-state index contributed by atoms with van der Waals surface area (Å²) in [5, 5.41) is 7.70. The van der Waals surface area contributed by atoms with Crippen LogP contribution in [0.1, 0.15) is 75.5 Å². The zero-order valence-corrected chi connectivity index (χ0v) is 11.7. The van der Waals surface area contributed by atoms with Crippen LogP contribution in [-0.4, -0.2) is 16.7 Å². The molecular weight excluding hydrogens is 238 g/mol. The van der Waals surface area contributed by atoms with Gasteiger partial charge < -0.3 is 9.84 Å². The lowest BCUT2D eigenvalue weighted by atomic mass is 10.0. The Morgan fingerprint density at radius 1 is 1.05 bits per heavy atom. The van der Waals surface area contributed by atoms with Crippen molar-refractivity contribution in [2.24, 2.45) is 5.92 Å². The van der Waals surface area contributed by atoms with Crippen LogP contribution in [0.2, 0.25) is 0 Å². The summed E-state index contributed by atoms with van der Waals surface area (Å²) in [5.74, 6) is 2.61. The standard InChI is InChI=1S/C15H25N3O/c1-2-8-13(16-11-5-1)15-17-14(19-18-15)10-9-12-6-3-4-7-12/h12-13,16H,1-11H2. The van der Waals surface area contributed by atoms with Gasteiger partial charge in [-0.05, 0) is 31.7 Å². The van der Waals surface area contributed by atoms with Gasteiger partial charge >= 0.3 is 0 Å². The molecule has 4 nitrogen and oxygen atoms in total. The second-order valence-electron chi connectivity index (χ2n) is 6.09. The normalized spacial score (nSPS) is 25.6. The van der Waals surface area contributed by atoms with Crippen LogP contribution >= 0.6 is 0 Å². The predicted molar refractivity (Wildman–Crippen MR) is 73.8 cm³/mol. The second-order valence-corrected chi connectivity index (χ2v) is 6.09. The minimum absolute atomic E-state index is 0.312. The van der Waals surface area contributed by atoms with Crippen LogP contribution in [0.15, 0.2) is 4.52 Å². The Morgan fingerprint density at radius 2 is 1.89 bits per heavy atom. The second kappa shape index (κ2) is 6.51. The zero-order chi connectivity index (χ0) is 12.9. The Balaban J connectivity index is 1.52. The van der Waals surface area contributed by atoms with Crippen LogP contribution in [0, 0.1) is 5.92 Å². The number of hydrogen-bond donors (Lipinski definition) is 1. The smallest absolute Gasteiger partial charge is 0.226 e. The molecule has 4 heteroatoms. The van der Waals surface area contributed by atoms with Crippen molar-refractivity contribution in [2.45, 2.75) is 70.3 Å². The lowest BCUT2D eigenvalue weighted by molar-refractivity contribution is 0.351. The van der Waals surface area contributed by atoms with E-state index in [2.05, 4.69) is 15.5 Å². The van der Waals surface area contributed by atoms with Gasteiger partial charge in [0, 0.05) is 6.42 Å². The monoisotopic (exact) mass is 263 g/mol. The first-order valence-electron chi connectivity index (χ1n) is 7.97. The summed E-state index contributed by atoms with van der Waals surface area (Å²) in [5.41, 5.74) is 0. The van der Waals surface area contributed by atoms with E-state index in [-0.39, 0.29) is 0 Å². The van der Waals surface area contributed by atoms with Crippen LogP contribution < -0.4 is 5.32 Å². The molecule has 1 atom stereocenters. The van der Waals surface area contributed by atoms with Crippen molar-refractivity contribution in [3.8, 4) is 0 Å². The highest BCUT2D eigenvalue weighted by molar-refractivity contribution is 4.95. The Bertz CT molecular complexity index is 376. The molecule has 1 saturated carbocycles. The number of nitrogens with one attached hydrogen (secondary N) is 1. The molecule has 106 valence electrons. The summed E-state index contributed by atoms with van der Waals surface area (Å²) < 4.78 is 5.42. The molecule has 0 spiro atoms. The molecule has 19 heavy (non-hydrogen) atoms. The number of nitrogens with zero attached hydrogens (tertiary/aromatic N) is 2. The van der Waals surface area contributed by atoms with E-state index >= 15 is 0 Å². The minimum atomic E-state index is 0.312. The average Bonchev–Trinajstić information content (AvgIpc) is 3.03. The van der Waals surface area contributed by atoms with Gasteiger partial charge in [0.15, 0.2) is 5.82 Å². The molecule has 1 aromatic rings. The number of aryl methyl sites for hydroxylation is 1. The van der Waals surface area contributed by atoms with Gasteiger partial charge in [-0.2, -0.15) is 4.98 Å². The molecule has 1 unspecified atom stereocenters. The lowest BCUT2D eigenvalue weighted by Gasteiger charge is -2.10. The van der Waals surface area contributed by atoms with Gasteiger partial charge in [-0.1, -0.05) is 43.7 Å². The highest BCUT2D eigenvalue weighted by Crippen LogP contribution is 2.28. The summed E-state index contributed by atoms with van der Waals surface area (Å²) >= 11 is 0. The van der Waals surface area contributed by atoms with E-state index in [1.165, 1.54) is 51.4 Å². The third kappa shape index (κ3) is 3.56. The van der Waals surface area contributed by atoms with E-state index in [4.69, 9.17) is 4.52 Å². The highest BCUT2D eigenvalue weighted by atomic mass is 16.5. The fourth-order valence-electron chi connectivity index (χ4n) is 3.39. The maximum absolute atomic E-state index is 5.42. The summed E-state index contributed by atoms with van der Waals surface area (Å²) in [7, 11) is 0. The Kier molecular flexibility index (Phi) is 4.49. The third-order valence-corrected chi connectivity index (χ3v) is 4.60. The topological polar surface area (TPSA) is 51.0 Å². The van der Waals surface area contributed by atoms with Gasteiger partial charge in [-0.3, -0.25) is 0 Å². The van der Waals surface area contributed by atoms with Crippen LogP contribution in [0.5, 0.6) is 0 Å². The molecule has 0 aromatic carbocycles. The minimum Gasteiger partial charge on any atom is -0.339 e. The zero-order valence-electron chi connectivity index (χ0n) is 11.7. The quantitative estimate of drug-likeness (QED) is 0.904. The summed E-state index contributed by atoms with van der Waals surface area (Å²) in [6, 6.07) is 0.312. The third-order valence-electron chi connectivity index (χ3n) is 4.60. The van der Waals surface area contributed by atoms with Gasteiger partial charge in [-0.25, -0.2) is 0 Å². The SMILES string of the molecule is C1CCNC(c2noc(CCC3CCCC3)n2)CC1. The molecule has 1 saturated heterocycles. The van der Waals surface area contributed by atoms with E-state index in [0.29, 0.717) is 6.04 Å². The van der Waals surface area contributed by atoms with Crippen molar-refractivity contribution < 1.29 is 4.52 Å². The van der Waals surface area contributed by atoms with E-state index in [1.807, 2.05) is 0 Å². The predicted octanol–water partition coefficient (Wildman–Crippen LogP) is 3.40. The molecule has 2 aliphatic rings. The lowest BCUT2D eigenvalue weighted by Crippen LogP contribution is -2.21. The summed E-state index contributed by atoms with van der Waals surface area (Å²) in [6.45, 7) is 1.08. The molecule has 1 aromatic heterocycles. The van der Waals surface area contributed by atoms with Gasteiger partial charge in [0.1, 0.15) is 0 Å². The molecule has 1 aliphatic heterocycles. The van der Waals surface area contributed by atoms with Crippen molar-refractivity contribution >= 4 is 0 Å². The van der Waals surface area contributed by atoms with Crippen molar-refractivity contribution in [3.05, 3.63) is 11.7 Å². The molecule has 0 amide bonds. The van der Waals surface area contributed by atoms with E-state index in [0.717, 1.165) is 37.0 Å². The van der Waals surface area contributed by atoms with Crippen molar-refractivity contribution in [3.63, 3.8) is 0 Å². The van der Waals surface area contributed by atoms with E-state index < -0.39 is 0 Å². The van der Waals surface area contributed by atoms with E-state index in [1.54, 1.807) is 0 Å². The fourth-order valence-corrected chi connectivity index (χ4v) is 3.39. The van der Waals surface area contributed by atoms with Gasteiger partial charge in [-0.15, -0.1) is 0 Å². The molecular formula is C15H25N3O. The van der Waals surface area contributed by atoms with E-state index in [9.17, 15) is 0 Å². The van der Waals surface area contributed by atoms with Gasteiger partial charge in [0.25, 0.3) is 0 Å². The first-order chi connectivity index (χ1) is 9.42. The maximum atomic E-state index is 5.42. The molecule has 2 heterocycles. The number of aromatic nitrogens is 2. The molecule has 0 bridgehead atoms. The first-order valence-corrected chi connectivity index (χ1v) is 7.97. The fraction of sp³-hybridized carbons (Fsp3) is 0.867. The Labute approximate surface area is 115 Å². The van der Waals surface area contributed by atoms with Gasteiger partial charge in [0.05, 0.1) is 6.04 Å². The van der Waals surface area contributed by atoms with Gasteiger partial charge in [0.2, 0.25) is 5.89 Å². The molecule has 1 N–H and O–H groups in total. The maximum Gasteiger partial charge on any atom is 0.226 e. The van der Waals surface area contributed by atoms with Crippen LogP contribution in [0.4, 0.5) is 0 Å². The van der Waals surface area contributed by atoms with Crippen molar-refractivity contribution in [1.29, 1.82) is 0 Å².